The lowest BCUT2D eigenvalue weighted by molar-refractivity contribution is 0.730. The maximum Gasteiger partial charge on any atom is 0.0820 e. The first kappa shape index (κ1) is 11.9. The Morgan fingerprint density at radius 1 is 1.41 bits per heavy atom. The van der Waals surface area contributed by atoms with Gasteiger partial charge in [-0.05, 0) is 19.9 Å². The van der Waals surface area contributed by atoms with E-state index in [4.69, 9.17) is 11.6 Å². The van der Waals surface area contributed by atoms with E-state index < -0.39 is 0 Å². The molecule has 0 atom stereocenters. The molecule has 90 valence electrons. The summed E-state index contributed by atoms with van der Waals surface area (Å²) in [4.78, 5) is 3.95. The summed E-state index contributed by atoms with van der Waals surface area (Å²) in [5, 5.41) is 8.31. The molecule has 0 unspecified atom stereocenters. The number of halogens is 1. The molecular weight excluding hydrogens is 236 g/mol. The molecule has 0 aliphatic heterocycles. The van der Waals surface area contributed by atoms with Gasteiger partial charge in [-0.1, -0.05) is 11.6 Å². The first-order valence-corrected chi connectivity index (χ1v) is 5.80. The van der Waals surface area contributed by atoms with Gasteiger partial charge in [0.1, 0.15) is 0 Å². The average molecular weight is 251 g/mol. The normalized spacial score (nSPS) is 10.6. The predicted octanol–water partition coefficient (Wildman–Crippen LogP) is 2.70. The molecule has 0 aliphatic carbocycles. The second kappa shape index (κ2) is 4.75. The summed E-state index contributed by atoms with van der Waals surface area (Å²) in [7, 11) is 1.95. The summed E-state index contributed by atoms with van der Waals surface area (Å²) in [5.74, 6) is 0. The van der Waals surface area contributed by atoms with Gasteiger partial charge in [-0.15, -0.1) is 0 Å². The maximum absolute atomic E-state index is 6.03. The summed E-state index contributed by atoms with van der Waals surface area (Å²) < 4.78 is 1.89. The highest BCUT2D eigenvalue weighted by atomic mass is 35.5. The molecule has 2 aromatic rings. The molecule has 0 saturated carbocycles. The average Bonchev–Trinajstić information content (AvgIpc) is 2.53. The Kier molecular flexibility index (Phi) is 3.33. The minimum absolute atomic E-state index is 0.631. The van der Waals surface area contributed by atoms with Gasteiger partial charge in [0, 0.05) is 37.2 Å². The molecule has 0 amide bonds. The van der Waals surface area contributed by atoms with E-state index in [1.807, 2.05) is 24.7 Å². The van der Waals surface area contributed by atoms with E-state index in [1.54, 1.807) is 12.4 Å². The molecule has 4 nitrogen and oxygen atoms in total. The number of hydrogen-bond acceptors (Lipinski definition) is 3. The fourth-order valence-corrected chi connectivity index (χ4v) is 1.96. The predicted molar refractivity (Wildman–Crippen MR) is 69.3 cm³/mol. The molecule has 2 heterocycles. The van der Waals surface area contributed by atoms with E-state index in [1.165, 1.54) is 11.3 Å². The van der Waals surface area contributed by atoms with E-state index in [0.717, 1.165) is 17.9 Å². The molecule has 17 heavy (non-hydrogen) atoms. The van der Waals surface area contributed by atoms with Crippen LogP contribution in [0.5, 0.6) is 0 Å². The van der Waals surface area contributed by atoms with E-state index in [2.05, 4.69) is 22.3 Å². The van der Waals surface area contributed by atoms with Crippen molar-refractivity contribution in [3.05, 3.63) is 40.4 Å². The highest BCUT2D eigenvalue weighted by Gasteiger charge is 2.09. The van der Waals surface area contributed by atoms with Gasteiger partial charge in [-0.2, -0.15) is 5.10 Å². The zero-order chi connectivity index (χ0) is 12.4. The van der Waals surface area contributed by atoms with Crippen molar-refractivity contribution in [3.63, 3.8) is 0 Å². The second-order valence-electron chi connectivity index (χ2n) is 3.98. The molecule has 0 fully saturated rings. The molecule has 0 saturated heterocycles. The van der Waals surface area contributed by atoms with Crippen LogP contribution in [0.2, 0.25) is 5.02 Å². The molecule has 0 spiro atoms. The quantitative estimate of drug-likeness (QED) is 0.911. The number of rotatable bonds is 3. The van der Waals surface area contributed by atoms with Crippen LogP contribution >= 0.6 is 11.6 Å². The van der Waals surface area contributed by atoms with Crippen LogP contribution in [0.4, 0.5) is 5.69 Å². The van der Waals surface area contributed by atoms with Crippen LogP contribution in [0, 0.1) is 13.8 Å². The van der Waals surface area contributed by atoms with Crippen molar-refractivity contribution >= 4 is 17.3 Å². The van der Waals surface area contributed by atoms with Crippen molar-refractivity contribution in [2.45, 2.75) is 20.4 Å². The lowest BCUT2D eigenvalue weighted by atomic mass is 10.2. The second-order valence-corrected chi connectivity index (χ2v) is 4.39. The summed E-state index contributed by atoms with van der Waals surface area (Å²) in [5.41, 5.74) is 4.31. The molecule has 1 N–H and O–H groups in total. The van der Waals surface area contributed by atoms with E-state index >= 15 is 0 Å². The zero-order valence-electron chi connectivity index (χ0n) is 10.2. The molecule has 0 bridgehead atoms. The lowest BCUT2D eigenvalue weighted by Crippen LogP contribution is -2.02. The Hall–Kier alpha value is -1.55. The SMILES string of the molecule is Cc1nn(C)c(C)c1CNc1ccncc1Cl. The molecule has 2 rings (SSSR count). The number of aromatic nitrogens is 3. The van der Waals surface area contributed by atoms with Crippen LogP contribution in [-0.4, -0.2) is 14.8 Å². The highest BCUT2D eigenvalue weighted by molar-refractivity contribution is 6.33. The van der Waals surface area contributed by atoms with E-state index in [-0.39, 0.29) is 0 Å². The van der Waals surface area contributed by atoms with Crippen LogP contribution in [0.1, 0.15) is 17.0 Å². The van der Waals surface area contributed by atoms with E-state index in [0.29, 0.717) is 5.02 Å². The molecule has 2 aromatic heterocycles. The molecular formula is C12H15ClN4. The fourth-order valence-electron chi connectivity index (χ4n) is 1.78. The third kappa shape index (κ3) is 2.42. The number of nitrogens with one attached hydrogen (secondary N) is 1. The van der Waals surface area contributed by atoms with Crippen LogP contribution in [-0.2, 0) is 13.6 Å². The molecule has 0 aliphatic rings. The van der Waals surface area contributed by atoms with Gasteiger partial charge in [-0.25, -0.2) is 0 Å². The summed E-state index contributed by atoms with van der Waals surface area (Å²) in [6.07, 6.45) is 3.35. The van der Waals surface area contributed by atoms with Crippen molar-refractivity contribution in [1.82, 2.24) is 14.8 Å². The van der Waals surface area contributed by atoms with Gasteiger partial charge < -0.3 is 5.32 Å². The number of nitrogens with zero attached hydrogens (tertiary/aromatic N) is 3. The first-order chi connectivity index (χ1) is 8.09. The molecule has 5 heteroatoms. The highest BCUT2D eigenvalue weighted by Crippen LogP contribution is 2.21. The van der Waals surface area contributed by atoms with Crippen LogP contribution in [0.3, 0.4) is 0 Å². The van der Waals surface area contributed by atoms with Gasteiger partial charge in [0.25, 0.3) is 0 Å². The Bertz CT molecular complexity index is 533. The first-order valence-electron chi connectivity index (χ1n) is 5.42. The summed E-state index contributed by atoms with van der Waals surface area (Å²) in [6.45, 7) is 4.79. The van der Waals surface area contributed by atoms with Crippen molar-refractivity contribution in [2.24, 2.45) is 7.05 Å². The maximum atomic E-state index is 6.03. The number of anilines is 1. The third-order valence-electron chi connectivity index (χ3n) is 2.89. The molecule has 0 aromatic carbocycles. The standard InChI is InChI=1S/C12H15ClN4/c1-8-10(9(2)17(3)16-8)6-15-12-4-5-14-7-11(12)13/h4-5,7H,6H2,1-3H3,(H,14,15). The topological polar surface area (TPSA) is 42.7 Å². The van der Waals surface area contributed by atoms with Crippen molar-refractivity contribution in [2.75, 3.05) is 5.32 Å². The third-order valence-corrected chi connectivity index (χ3v) is 3.19. The molecule has 0 radical (unpaired) electrons. The van der Waals surface area contributed by atoms with Crippen LogP contribution < -0.4 is 5.32 Å². The van der Waals surface area contributed by atoms with Crippen molar-refractivity contribution in [1.29, 1.82) is 0 Å². The van der Waals surface area contributed by atoms with Gasteiger partial charge in [0.05, 0.1) is 16.4 Å². The minimum Gasteiger partial charge on any atom is -0.380 e. The van der Waals surface area contributed by atoms with Crippen molar-refractivity contribution in [3.8, 4) is 0 Å². The van der Waals surface area contributed by atoms with Gasteiger partial charge in [0.15, 0.2) is 0 Å². The smallest absolute Gasteiger partial charge is 0.0820 e. The number of hydrogen-bond donors (Lipinski definition) is 1. The largest absolute Gasteiger partial charge is 0.380 e. The summed E-state index contributed by atoms with van der Waals surface area (Å²) >= 11 is 6.03. The number of pyridine rings is 1. The summed E-state index contributed by atoms with van der Waals surface area (Å²) in [6, 6.07) is 1.86. The Balaban J connectivity index is 2.15. The van der Waals surface area contributed by atoms with Gasteiger partial charge >= 0.3 is 0 Å². The van der Waals surface area contributed by atoms with Gasteiger partial charge in [0.2, 0.25) is 0 Å². The zero-order valence-corrected chi connectivity index (χ0v) is 10.9. The fraction of sp³-hybridized carbons (Fsp3) is 0.333. The van der Waals surface area contributed by atoms with Crippen LogP contribution in [0.15, 0.2) is 18.5 Å². The van der Waals surface area contributed by atoms with E-state index in [9.17, 15) is 0 Å². The van der Waals surface area contributed by atoms with Gasteiger partial charge in [-0.3, -0.25) is 9.67 Å². The Labute approximate surface area is 106 Å². The lowest BCUT2D eigenvalue weighted by Gasteiger charge is -2.08. The Morgan fingerprint density at radius 2 is 2.18 bits per heavy atom. The monoisotopic (exact) mass is 250 g/mol. The minimum atomic E-state index is 0.631. The number of aryl methyl sites for hydroxylation is 2. The Morgan fingerprint density at radius 3 is 2.76 bits per heavy atom. The van der Waals surface area contributed by atoms with Crippen molar-refractivity contribution < 1.29 is 0 Å². The van der Waals surface area contributed by atoms with Crippen LogP contribution in [0.25, 0.3) is 0 Å².